The highest BCUT2D eigenvalue weighted by Gasteiger charge is 2.24. The van der Waals surface area contributed by atoms with Crippen LogP contribution in [-0.2, 0) is 0 Å². The smallest absolute Gasteiger partial charge is 0.00201 e. The van der Waals surface area contributed by atoms with Crippen molar-refractivity contribution in [1.82, 2.24) is 0 Å². The van der Waals surface area contributed by atoms with E-state index in [1.165, 1.54) is 241 Å². The topological polar surface area (TPSA) is 0 Å². The lowest BCUT2D eigenvalue weighted by molar-refractivity contribution is 1.61. The first-order chi connectivity index (χ1) is 64.5. The summed E-state index contributed by atoms with van der Waals surface area (Å²) >= 11 is 0. The Balaban J connectivity index is 0.000000111. The Bertz CT molecular complexity index is 8470. The third-order valence-corrected chi connectivity index (χ3v) is 26.3. The molecule has 0 aliphatic heterocycles. The number of hydrogen-bond donors (Lipinski definition) is 0. The molecular formula is C130H86. The Kier molecular flexibility index (Phi) is 20.5. The molecule has 0 saturated carbocycles. The van der Waals surface area contributed by atoms with E-state index in [-0.39, 0.29) is 0 Å². The average molecular weight is 1650 g/mol. The predicted octanol–water partition coefficient (Wildman–Crippen LogP) is 36.6. The first-order valence-corrected chi connectivity index (χ1v) is 45.0. The molecule has 0 amide bonds. The van der Waals surface area contributed by atoms with Crippen molar-refractivity contribution in [3.8, 4) is 134 Å². The zero-order valence-corrected chi connectivity index (χ0v) is 71.7. The molecule has 25 aromatic carbocycles. The highest BCUT2D eigenvalue weighted by molar-refractivity contribution is 6.26. The monoisotopic (exact) mass is 1650 g/mol. The number of rotatable bonds is 12. The van der Waals surface area contributed by atoms with Gasteiger partial charge in [0, 0.05) is 0 Å². The van der Waals surface area contributed by atoms with Crippen molar-refractivity contribution in [3.05, 3.63) is 522 Å². The molecule has 25 rings (SSSR count). The van der Waals surface area contributed by atoms with E-state index in [9.17, 15) is 0 Å². The van der Waals surface area contributed by atoms with E-state index in [1.54, 1.807) is 0 Å². The summed E-state index contributed by atoms with van der Waals surface area (Å²) < 4.78 is 0. The lowest BCUT2D eigenvalue weighted by atomic mass is 9.82. The highest BCUT2D eigenvalue weighted by atomic mass is 14.3. The Morgan fingerprint density at radius 3 is 0.654 bits per heavy atom. The maximum Gasteiger partial charge on any atom is -0.00201 e. The minimum atomic E-state index is 1.23. The molecule has 0 radical (unpaired) electrons. The minimum Gasteiger partial charge on any atom is -0.0622 e. The van der Waals surface area contributed by atoms with Gasteiger partial charge in [0.25, 0.3) is 0 Å². The fourth-order valence-corrected chi connectivity index (χ4v) is 20.3. The maximum absolute atomic E-state index is 2.38. The molecule has 0 spiro atoms. The van der Waals surface area contributed by atoms with Crippen LogP contribution in [-0.4, -0.2) is 0 Å². The van der Waals surface area contributed by atoms with Crippen LogP contribution in [0.15, 0.2) is 522 Å². The van der Waals surface area contributed by atoms with Crippen LogP contribution in [0.4, 0.5) is 0 Å². The van der Waals surface area contributed by atoms with E-state index in [0.29, 0.717) is 0 Å². The fraction of sp³-hybridized carbons (Fsp3) is 0. The van der Waals surface area contributed by atoms with Crippen LogP contribution in [0, 0.1) is 0 Å². The molecule has 606 valence electrons. The first kappa shape index (κ1) is 77.9. The van der Waals surface area contributed by atoms with Crippen LogP contribution in [0.5, 0.6) is 0 Å². The number of benzene rings is 25. The van der Waals surface area contributed by atoms with Crippen LogP contribution >= 0.6 is 0 Å². The molecule has 0 bridgehead atoms. The molecule has 0 atom stereocenters. The summed E-state index contributed by atoms with van der Waals surface area (Å²) in [4.78, 5) is 0. The summed E-state index contributed by atoms with van der Waals surface area (Å²) in [5, 5.41) is 25.4. The van der Waals surface area contributed by atoms with Crippen LogP contribution in [0.25, 0.3) is 241 Å². The van der Waals surface area contributed by atoms with Gasteiger partial charge in [0.05, 0.1) is 0 Å². The molecule has 0 nitrogen and oxygen atoms in total. The van der Waals surface area contributed by atoms with E-state index < -0.39 is 0 Å². The van der Waals surface area contributed by atoms with Crippen LogP contribution < -0.4 is 0 Å². The quantitative estimate of drug-likeness (QED) is 0.0845. The van der Waals surface area contributed by atoms with Crippen molar-refractivity contribution >= 4 is 108 Å². The van der Waals surface area contributed by atoms with Crippen molar-refractivity contribution in [2.45, 2.75) is 0 Å². The Labute approximate surface area is 757 Å². The molecular weight excluding hydrogens is 1560 g/mol. The van der Waals surface area contributed by atoms with Gasteiger partial charge in [-0.05, 0) is 284 Å². The molecule has 0 heterocycles. The minimum absolute atomic E-state index is 1.23. The third kappa shape index (κ3) is 14.6. The zero-order chi connectivity index (χ0) is 86.2. The molecule has 0 saturated heterocycles. The van der Waals surface area contributed by atoms with E-state index >= 15 is 0 Å². The number of hydrogen-bond acceptors (Lipinski definition) is 0. The SMILES string of the molecule is c1ccc(-c2cccc(-c3c4ccccc4c(-c4ccc(-c5ccc6ccccc6c5)cc4)c4ccccc34)c2)cc1.c1ccc(-c2cccc(-c3c4ccccc4c(-c4cccc(-c5ccc6ccccc6c5)c4)c4ccccc34)c2)cc1.c1ccc(-c2cccc(-c3c4ccccc4c(-c4ccccc4-c4cc5ccccc5c5ccccc45)c4ccccc34)c2)cc1. The predicted molar refractivity (Wildman–Crippen MR) is 560 cm³/mol. The molecule has 0 aromatic heterocycles. The zero-order valence-electron chi connectivity index (χ0n) is 71.7. The van der Waals surface area contributed by atoms with Gasteiger partial charge < -0.3 is 0 Å². The van der Waals surface area contributed by atoms with Crippen molar-refractivity contribution in [2.75, 3.05) is 0 Å². The van der Waals surface area contributed by atoms with Gasteiger partial charge in [-0.2, -0.15) is 0 Å². The lowest BCUT2D eigenvalue weighted by Gasteiger charge is -2.21. The molecule has 0 aliphatic rings. The Morgan fingerprint density at radius 2 is 0.292 bits per heavy atom. The van der Waals surface area contributed by atoms with Crippen molar-refractivity contribution < 1.29 is 0 Å². The molecule has 130 heavy (non-hydrogen) atoms. The van der Waals surface area contributed by atoms with Crippen LogP contribution in [0.3, 0.4) is 0 Å². The standard InChI is InChI=1S/C46H30.2C42H28/c1-2-15-31(16-3-1)32-18-14-19-34(29-32)45-40-25-10-12-27-42(40)46(43-28-13-11-26-41(43)45)39-24-9-8-23-38(39)44-30-33-17-4-5-20-35(33)36-21-6-7-22-37(36)44;1-2-12-29(13-3-1)32-16-10-18-35(27-32)41-37-20-6-8-22-39(37)42(40-23-9-7-21-38(40)41)36-19-11-17-33(28-36)34-25-24-30-14-4-5-15-31(30)26-34;1-2-11-29(12-3-1)34-15-10-16-36(28-34)42-39-19-8-6-17-37(39)41(38-18-7-9-20-40(38)42)32-24-21-31(22-25-32)35-26-23-30-13-4-5-14-33(30)27-35/h1-30H;2*1-28H. The molecule has 0 fully saturated rings. The van der Waals surface area contributed by atoms with Gasteiger partial charge in [0.2, 0.25) is 0 Å². The summed E-state index contributed by atoms with van der Waals surface area (Å²) in [6.45, 7) is 0. The van der Waals surface area contributed by atoms with E-state index in [4.69, 9.17) is 0 Å². The Hall–Kier alpha value is -16.9. The number of fused-ring (bicyclic) bond motifs is 11. The summed E-state index contributed by atoms with van der Waals surface area (Å²) in [5.74, 6) is 0. The average Bonchev–Trinajstić information content (AvgIpc) is 0.731. The molecule has 0 N–H and O–H groups in total. The van der Waals surface area contributed by atoms with Crippen molar-refractivity contribution in [2.24, 2.45) is 0 Å². The van der Waals surface area contributed by atoms with Gasteiger partial charge in [-0.3, -0.25) is 0 Å². The van der Waals surface area contributed by atoms with Gasteiger partial charge in [-0.15, -0.1) is 0 Å². The van der Waals surface area contributed by atoms with E-state index in [2.05, 4.69) is 522 Å². The first-order valence-electron chi connectivity index (χ1n) is 45.0. The van der Waals surface area contributed by atoms with Crippen molar-refractivity contribution in [3.63, 3.8) is 0 Å². The fourth-order valence-electron chi connectivity index (χ4n) is 20.3. The van der Waals surface area contributed by atoms with Gasteiger partial charge in [-0.25, -0.2) is 0 Å². The van der Waals surface area contributed by atoms with E-state index in [0.717, 1.165) is 0 Å². The van der Waals surface area contributed by atoms with Gasteiger partial charge in [0.1, 0.15) is 0 Å². The lowest BCUT2D eigenvalue weighted by Crippen LogP contribution is -1.93. The summed E-state index contributed by atoms with van der Waals surface area (Å²) in [6, 6.07) is 190. The van der Waals surface area contributed by atoms with Crippen LogP contribution in [0.1, 0.15) is 0 Å². The molecule has 0 aliphatic carbocycles. The van der Waals surface area contributed by atoms with Gasteiger partial charge >= 0.3 is 0 Å². The summed E-state index contributed by atoms with van der Waals surface area (Å²) in [7, 11) is 0. The largest absolute Gasteiger partial charge is 0.0622 e. The summed E-state index contributed by atoms with van der Waals surface area (Å²) in [6.07, 6.45) is 0. The molecule has 25 aromatic rings. The van der Waals surface area contributed by atoms with Crippen molar-refractivity contribution in [1.29, 1.82) is 0 Å². The second-order valence-electron chi connectivity index (χ2n) is 33.9. The summed E-state index contributed by atoms with van der Waals surface area (Å²) in [5.41, 5.74) is 29.9. The highest BCUT2D eigenvalue weighted by Crippen LogP contribution is 2.51. The second kappa shape index (κ2) is 34.2. The molecule has 0 heteroatoms. The second-order valence-corrected chi connectivity index (χ2v) is 33.9. The maximum atomic E-state index is 2.38. The van der Waals surface area contributed by atoms with E-state index in [1.807, 2.05) is 0 Å². The Morgan fingerprint density at radius 1 is 0.0769 bits per heavy atom. The van der Waals surface area contributed by atoms with Crippen LogP contribution in [0.2, 0.25) is 0 Å². The normalized spacial score (nSPS) is 11.4. The molecule has 0 unspecified atom stereocenters. The van der Waals surface area contributed by atoms with Gasteiger partial charge in [0.15, 0.2) is 0 Å². The van der Waals surface area contributed by atoms with Gasteiger partial charge in [-0.1, -0.05) is 479 Å². The third-order valence-electron chi connectivity index (χ3n) is 26.3.